The van der Waals surface area contributed by atoms with E-state index in [1.165, 1.54) is 0 Å². The zero-order chi connectivity index (χ0) is 10.2. The second kappa shape index (κ2) is 7.46. The molecule has 80 valence electrons. The fourth-order valence-electron chi connectivity index (χ4n) is 0.548. The first-order valence-corrected chi connectivity index (χ1v) is 7.55. The minimum Gasteiger partial charge on any atom is -0.249 e. The molecule has 0 atom stereocenters. The summed E-state index contributed by atoms with van der Waals surface area (Å²) in [6.45, 7) is 8.97. The maximum atomic E-state index is 5.11. The minimum atomic E-state index is -2.22. The molecule has 0 spiro atoms. The van der Waals surface area contributed by atoms with E-state index in [0.717, 1.165) is 12.8 Å². The molecule has 0 heterocycles. The van der Waals surface area contributed by atoms with Crippen LogP contribution in [0, 0.1) is 0 Å². The summed E-state index contributed by atoms with van der Waals surface area (Å²) in [5, 5.41) is 0. The van der Waals surface area contributed by atoms with Crippen LogP contribution >= 0.6 is 0 Å². The van der Waals surface area contributed by atoms with Crippen LogP contribution in [0.2, 0.25) is 13.1 Å². The smallest absolute Gasteiger partial charge is 0.249 e. The first kappa shape index (κ1) is 13.1. The first-order chi connectivity index (χ1) is 6.12. The number of hydrogen-bond acceptors (Lipinski definition) is 4. The molecule has 0 aromatic carbocycles. The van der Waals surface area contributed by atoms with Crippen molar-refractivity contribution in [1.82, 2.24) is 0 Å². The van der Waals surface area contributed by atoms with Crippen molar-refractivity contribution in [3.8, 4) is 0 Å². The molecule has 0 aromatic rings. The second-order valence-corrected chi connectivity index (χ2v) is 6.34. The molecule has 0 fully saturated rings. The first-order valence-electron chi connectivity index (χ1n) is 4.73. The average Bonchev–Trinajstić information content (AvgIpc) is 2.05. The third kappa shape index (κ3) is 8.39. The molecule has 13 heavy (non-hydrogen) atoms. The Bertz CT molecular complexity index is 107. The molecular formula is C8H20O4Si. The molecule has 5 heteroatoms. The van der Waals surface area contributed by atoms with Gasteiger partial charge in [-0.3, -0.25) is 0 Å². The predicted molar refractivity (Wildman–Crippen MR) is 52.1 cm³/mol. The summed E-state index contributed by atoms with van der Waals surface area (Å²) in [7, 11) is -2.22. The molecule has 0 aliphatic rings. The van der Waals surface area contributed by atoms with Crippen LogP contribution < -0.4 is 0 Å². The van der Waals surface area contributed by atoms with E-state index in [1.807, 2.05) is 26.9 Å². The average molecular weight is 208 g/mol. The topological polar surface area (TPSA) is 36.9 Å². The summed E-state index contributed by atoms with van der Waals surface area (Å²) < 4.78 is 10.2. The number of rotatable bonds is 8. The van der Waals surface area contributed by atoms with Crippen LogP contribution in [0.4, 0.5) is 0 Å². The fourth-order valence-corrected chi connectivity index (χ4v) is 1.31. The van der Waals surface area contributed by atoms with E-state index >= 15 is 0 Å². The third-order valence-electron chi connectivity index (χ3n) is 1.09. The van der Waals surface area contributed by atoms with Gasteiger partial charge in [-0.1, -0.05) is 13.8 Å². The minimum absolute atomic E-state index is 0.591. The van der Waals surface area contributed by atoms with Crippen LogP contribution in [0.3, 0.4) is 0 Å². The van der Waals surface area contributed by atoms with Gasteiger partial charge >= 0.3 is 8.56 Å². The van der Waals surface area contributed by atoms with Gasteiger partial charge in [0.25, 0.3) is 0 Å². The molecular weight excluding hydrogens is 188 g/mol. The Kier molecular flexibility index (Phi) is 7.49. The Hall–Kier alpha value is 0.0569. The van der Waals surface area contributed by atoms with Gasteiger partial charge in [-0.2, -0.15) is 0 Å². The van der Waals surface area contributed by atoms with Crippen LogP contribution in [-0.2, 0) is 18.9 Å². The van der Waals surface area contributed by atoms with Crippen LogP contribution in [0.5, 0.6) is 0 Å². The van der Waals surface area contributed by atoms with Crippen LogP contribution in [0.25, 0.3) is 0 Å². The van der Waals surface area contributed by atoms with Gasteiger partial charge in [0.05, 0.1) is 13.2 Å². The number of hydrogen-bond donors (Lipinski definition) is 0. The quantitative estimate of drug-likeness (QED) is 0.266. The summed E-state index contributed by atoms with van der Waals surface area (Å²) in [4.78, 5) is 9.87. The van der Waals surface area contributed by atoms with Gasteiger partial charge in [-0.05, 0) is 25.9 Å². The Balaban J connectivity index is 3.42. The monoisotopic (exact) mass is 208 g/mol. The highest BCUT2D eigenvalue weighted by molar-refractivity contribution is 6.64. The molecule has 0 bridgehead atoms. The van der Waals surface area contributed by atoms with E-state index in [1.54, 1.807) is 0 Å². The molecule has 0 rings (SSSR count). The highest BCUT2D eigenvalue weighted by atomic mass is 28.4. The van der Waals surface area contributed by atoms with Crippen LogP contribution in [0.15, 0.2) is 0 Å². The molecule has 0 N–H and O–H groups in total. The van der Waals surface area contributed by atoms with E-state index in [9.17, 15) is 0 Å². The maximum absolute atomic E-state index is 5.11. The molecule has 0 amide bonds. The third-order valence-corrected chi connectivity index (χ3v) is 2.13. The van der Waals surface area contributed by atoms with Gasteiger partial charge in [0, 0.05) is 0 Å². The van der Waals surface area contributed by atoms with Gasteiger partial charge in [0.1, 0.15) is 0 Å². The Morgan fingerprint density at radius 3 is 1.54 bits per heavy atom. The standard InChI is InChI=1S/C8H20O4Si/c1-5-7-9-11-13(3,4)12-10-8-6-2/h5-8H2,1-4H3. The lowest BCUT2D eigenvalue weighted by atomic mass is 10.5. The SMILES string of the molecule is CCCOO[Si](C)(C)OOCCC. The highest BCUT2D eigenvalue weighted by Crippen LogP contribution is 2.07. The highest BCUT2D eigenvalue weighted by Gasteiger charge is 2.28. The van der Waals surface area contributed by atoms with Crippen molar-refractivity contribution < 1.29 is 18.9 Å². The predicted octanol–water partition coefficient (Wildman–Crippen LogP) is 2.40. The molecule has 0 unspecified atom stereocenters. The maximum Gasteiger partial charge on any atom is 0.403 e. The molecule has 0 aliphatic carbocycles. The lowest BCUT2D eigenvalue weighted by Crippen LogP contribution is -2.35. The summed E-state index contributed by atoms with van der Waals surface area (Å²) in [5.74, 6) is 0. The normalized spacial score (nSPS) is 12.0. The van der Waals surface area contributed by atoms with Gasteiger partial charge in [-0.15, -0.1) is 0 Å². The molecule has 0 aromatic heterocycles. The van der Waals surface area contributed by atoms with Crippen LogP contribution in [0.1, 0.15) is 26.7 Å². The summed E-state index contributed by atoms with van der Waals surface area (Å²) in [6, 6.07) is 0. The van der Waals surface area contributed by atoms with Gasteiger partial charge in [0.2, 0.25) is 0 Å². The van der Waals surface area contributed by atoms with Crippen molar-refractivity contribution in [2.24, 2.45) is 0 Å². The fraction of sp³-hybridized carbons (Fsp3) is 1.00. The van der Waals surface area contributed by atoms with Crippen molar-refractivity contribution in [3.63, 3.8) is 0 Å². The van der Waals surface area contributed by atoms with E-state index in [0.29, 0.717) is 13.2 Å². The van der Waals surface area contributed by atoms with E-state index in [-0.39, 0.29) is 0 Å². The zero-order valence-corrected chi connectivity index (χ0v) is 9.96. The Morgan fingerprint density at radius 1 is 0.846 bits per heavy atom. The Morgan fingerprint density at radius 2 is 1.23 bits per heavy atom. The lowest BCUT2D eigenvalue weighted by Gasteiger charge is -2.19. The van der Waals surface area contributed by atoms with E-state index in [2.05, 4.69) is 0 Å². The van der Waals surface area contributed by atoms with E-state index < -0.39 is 8.56 Å². The second-order valence-electron chi connectivity index (χ2n) is 3.21. The van der Waals surface area contributed by atoms with E-state index in [4.69, 9.17) is 18.9 Å². The van der Waals surface area contributed by atoms with Crippen molar-refractivity contribution in [2.75, 3.05) is 13.2 Å². The summed E-state index contributed by atoms with van der Waals surface area (Å²) in [5.41, 5.74) is 0. The molecule has 4 nitrogen and oxygen atoms in total. The van der Waals surface area contributed by atoms with Gasteiger partial charge < -0.3 is 0 Å². The van der Waals surface area contributed by atoms with Crippen molar-refractivity contribution >= 4 is 8.56 Å². The molecule has 0 saturated carbocycles. The summed E-state index contributed by atoms with van der Waals surface area (Å²) >= 11 is 0. The molecule has 0 aliphatic heterocycles. The summed E-state index contributed by atoms with van der Waals surface area (Å²) in [6.07, 6.45) is 1.86. The van der Waals surface area contributed by atoms with Crippen molar-refractivity contribution in [2.45, 2.75) is 39.8 Å². The van der Waals surface area contributed by atoms with Crippen LogP contribution in [-0.4, -0.2) is 21.8 Å². The van der Waals surface area contributed by atoms with Crippen molar-refractivity contribution in [1.29, 1.82) is 0 Å². The van der Waals surface area contributed by atoms with Gasteiger partial charge in [-0.25, -0.2) is 18.9 Å². The molecule has 0 saturated heterocycles. The molecule has 0 radical (unpaired) electrons. The Labute approximate surface area is 81.2 Å². The van der Waals surface area contributed by atoms with Gasteiger partial charge in [0.15, 0.2) is 0 Å². The van der Waals surface area contributed by atoms with Crippen molar-refractivity contribution in [3.05, 3.63) is 0 Å². The lowest BCUT2D eigenvalue weighted by molar-refractivity contribution is -0.290. The largest absolute Gasteiger partial charge is 0.403 e. The zero-order valence-electron chi connectivity index (χ0n) is 8.96.